The highest BCUT2D eigenvalue weighted by molar-refractivity contribution is 6.02. The van der Waals surface area contributed by atoms with Crippen molar-refractivity contribution in [1.82, 2.24) is 0 Å². The fraction of sp³-hybridized carbons (Fsp3) is 0.421. The third-order valence-corrected chi connectivity index (χ3v) is 4.46. The molecule has 25 heavy (non-hydrogen) atoms. The van der Waals surface area contributed by atoms with Crippen molar-refractivity contribution in [3.63, 3.8) is 0 Å². The van der Waals surface area contributed by atoms with Crippen LogP contribution < -0.4 is 0 Å². The topological polar surface area (TPSA) is 89.9 Å². The van der Waals surface area contributed by atoms with E-state index in [9.17, 15) is 19.5 Å². The molecule has 1 saturated carbocycles. The summed E-state index contributed by atoms with van der Waals surface area (Å²) in [7, 11) is 0. The molecule has 0 radical (unpaired) electrons. The first-order chi connectivity index (χ1) is 11.9. The molecule has 0 bridgehead atoms. The lowest BCUT2D eigenvalue weighted by Crippen LogP contribution is -2.33. The van der Waals surface area contributed by atoms with E-state index >= 15 is 0 Å². The molecule has 3 atom stereocenters. The second kappa shape index (κ2) is 8.46. The summed E-state index contributed by atoms with van der Waals surface area (Å²) in [5.74, 6) is -1.89. The molecule has 1 aromatic carbocycles. The van der Waals surface area contributed by atoms with Crippen molar-refractivity contribution in [2.24, 2.45) is 11.8 Å². The number of carbonyl (C=O) groups excluding carboxylic acids is 2. The van der Waals surface area contributed by atoms with Crippen LogP contribution >= 0.6 is 0 Å². The summed E-state index contributed by atoms with van der Waals surface area (Å²) in [5, 5.41) is 9.18. The van der Waals surface area contributed by atoms with Gasteiger partial charge in [-0.2, -0.15) is 0 Å². The molecule has 1 fully saturated rings. The van der Waals surface area contributed by atoms with Crippen LogP contribution in [-0.4, -0.2) is 35.7 Å². The highest BCUT2D eigenvalue weighted by Crippen LogP contribution is 2.32. The normalized spacial score (nSPS) is 22.7. The Morgan fingerprint density at radius 1 is 1.24 bits per heavy atom. The van der Waals surface area contributed by atoms with Gasteiger partial charge in [0.2, 0.25) is 0 Å². The van der Waals surface area contributed by atoms with Gasteiger partial charge in [0.05, 0.1) is 17.7 Å². The Bertz CT molecular complexity index is 666. The molecule has 0 heterocycles. The van der Waals surface area contributed by atoms with E-state index in [2.05, 4.69) is 6.58 Å². The van der Waals surface area contributed by atoms with Crippen molar-refractivity contribution in [1.29, 1.82) is 0 Å². The Morgan fingerprint density at radius 2 is 1.92 bits per heavy atom. The molecular formula is C19H22O6. The van der Waals surface area contributed by atoms with Gasteiger partial charge in [-0.15, -0.1) is 0 Å². The van der Waals surface area contributed by atoms with E-state index in [-0.39, 0.29) is 29.1 Å². The van der Waals surface area contributed by atoms with E-state index in [4.69, 9.17) is 9.47 Å². The largest absolute Gasteiger partial charge is 0.478 e. The summed E-state index contributed by atoms with van der Waals surface area (Å²) < 4.78 is 10.6. The number of benzene rings is 1. The summed E-state index contributed by atoms with van der Waals surface area (Å²) in [6.07, 6.45) is 3.05. The highest BCUT2D eigenvalue weighted by Gasteiger charge is 2.31. The van der Waals surface area contributed by atoms with Crippen LogP contribution in [0.2, 0.25) is 0 Å². The summed E-state index contributed by atoms with van der Waals surface area (Å²) in [6.45, 7) is 5.66. The minimum Gasteiger partial charge on any atom is -0.478 e. The minimum absolute atomic E-state index is 0.0595. The minimum atomic E-state index is -1.16. The fourth-order valence-corrected chi connectivity index (χ4v) is 3.11. The Balaban J connectivity index is 1.94. The first kappa shape index (κ1) is 18.7. The highest BCUT2D eigenvalue weighted by atomic mass is 16.5. The number of carboxylic acid groups (broad SMARTS) is 1. The van der Waals surface area contributed by atoms with Crippen LogP contribution in [0.4, 0.5) is 0 Å². The van der Waals surface area contributed by atoms with Crippen LogP contribution in [-0.2, 0) is 14.3 Å². The van der Waals surface area contributed by atoms with Crippen molar-refractivity contribution >= 4 is 17.9 Å². The number of rotatable bonds is 6. The number of carboxylic acids is 1. The maximum Gasteiger partial charge on any atom is 0.339 e. The maximum atomic E-state index is 12.4. The van der Waals surface area contributed by atoms with E-state index in [0.29, 0.717) is 13.0 Å². The van der Waals surface area contributed by atoms with E-state index in [1.807, 2.05) is 6.92 Å². The number of hydrogen-bond donors (Lipinski definition) is 1. The second-order valence-electron chi connectivity index (χ2n) is 6.29. The zero-order valence-corrected chi connectivity index (χ0v) is 14.1. The third-order valence-electron chi connectivity index (χ3n) is 4.46. The van der Waals surface area contributed by atoms with Gasteiger partial charge in [0.25, 0.3) is 0 Å². The predicted octanol–water partition coefficient (Wildman–Crippen LogP) is 3.08. The Morgan fingerprint density at radius 3 is 2.52 bits per heavy atom. The second-order valence-corrected chi connectivity index (χ2v) is 6.29. The van der Waals surface area contributed by atoms with Gasteiger partial charge in [-0.1, -0.05) is 25.6 Å². The van der Waals surface area contributed by atoms with Crippen molar-refractivity contribution < 1.29 is 29.0 Å². The molecule has 0 spiro atoms. The lowest BCUT2D eigenvalue weighted by atomic mass is 9.80. The first-order valence-corrected chi connectivity index (χ1v) is 8.24. The van der Waals surface area contributed by atoms with Crippen molar-refractivity contribution in [2.45, 2.75) is 32.3 Å². The van der Waals surface area contributed by atoms with E-state index in [0.717, 1.165) is 18.9 Å². The zero-order valence-electron chi connectivity index (χ0n) is 14.1. The average Bonchev–Trinajstić information content (AvgIpc) is 2.61. The van der Waals surface area contributed by atoms with Gasteiger partial charge >= 0.3 is 17.9 Å². The van der Waals surface area contributed by atoms with E-state index in [1.165, 1.54) is 12.1 Å². The number of carbonyl (C=O) groups is 3. The van der Waals surface area contributed by atoms with Crippen LogP contribution in [0.1, 0.15) is 46.9 Å². The molecule has 0 amide bonds. The molecule has 0 aromatic heterocycles. The van der Waals surface area contributed by atoms with Gasteiger partial charge in [0.1, 0.15) is 6.10 Å². The van der Waals surface area contributed by atoms with Crippen molar-refractivity contribution in [2.75, 3.05) is 6.61 Å². The van der Waals surface area contributed by atoms with E-state index < -0.39 is 17.9 Å². The maximum absolute atomic E-state index is 12.4. The molecule has 1 N–H and O–H groups in total. The number of aromatic carboxylic acids is 1. The Labute approximate surface area is 146 Å². The van der Waals surface area contributed by atoms with Gasteiger partial charge in [0.15, 0.2) is 0 Å². The lowest BCUT2D eigenvalue weighted by molar-refractivity contribution is -0.139. The molecule has 2 rings (SSSR count). The molecule has 1 aromatic rings. The molecule has 134 valence electrons. The van der Waals surface area contributed by atoms with Crippen molar-refractivity contribution in [3.8, 4) is 0 Å². The van der Waals surface area contributed by atoms with Gasteiger partial charge in [0, 0.05) is 6.08 Å². The summed E-state index contributed by atoms with van der Waals surface area (Å²) in [4.78, 5) is 34.7. The molecule has 0 saturated heterocycles. The number of hydrogen-bond acceptors (Lipinski definition) is 5. The SMILES string of the molecule is C=CC(=O)OCC1CCC(OC(=O)c2ccccc2C(=O)O)C(C)C1. The molecule has 0 aliphatic heterocycles. The third kappa shape index (κ3) is 4.92. The molecule has 1 aliphatic carbocycles. The molecule has 3 unspecified atom stereocenters. The average molecular weight is 346 g/mol. The number of ether oxygens (including phenoxy) is 2. The summed E-state index contributed by atoms with van der Waals surface area (Å²) in [6, 6.07) is 6.01. The summed E-state index contributed by atoms with van der Waals surface area (Å²) in [5.41, 5.74) is -0.00517. The fourth-order valence-electron chi connectivity index (χ4n) is 3.11. The van der Waals surface area contributed by atoms with Crippen molar-refractivity contribution in [3.05, 3.63) is 48.0 Å². The molecule has 1 aliphatic rings. The Kier molecular flexibility index (Phi) is 6.33. The first-order valence-electron chi connectivity index (χ1n) is 8.24. The zero-order chi connectivity index (χ0) is 18.4. The van der Waals surface area contributed by atoms with Crippen LogP contribution in [0.25, 0.3) is 0 Å². The monoisotopic (exact) mass is 346 g/mol. The quantitative estimate of drug-likeness (QED) is 0.629. The van der Waals surface area contributed by atoms with Crippen LogP contribution in [0.5, 0.6) is 0 Å². The van der Waals surface area contributed by atoms with Crippen LogP contribution in [0.15, 0.2) is 36.9 Å². The lowest BCUT2D eigenvalue weighted by Gasteiger charge is -2.33. The predicted molar refractivity (Wildman–Crippen MR) is 90.3 cm³/mol. The Hall–Kier alpha value is -2.63. The van der Waals surface area contributed by atoms with Gasteiger partial charge in [-0.3, -0.25) is 0 Å². The van der Waals surface area contributed by atoms with Crippen LogP contribution in [0.3, 0.4) is 0 Å². The standard InChI is InChI=1S/C19H22O6/c1-3-17(20)24-11-13-8-9-16(12(2)10-13)25-19(23)15-7-5-4-6-14(15)18(21)22/h3-7,12-13,16H,1,8-11H2,2H3,(H,21,22). The van der Waals surface area contributed by atoms with Crippen LogP contribution in [0, 0.1) is 11.8 Å². The summed E-state index contributed by atoms with van der Waals surface area (Å²) >= 11 is 0. The van der Waals surface area contributed by atoms with Gasteiger partial charge < -0.3 is 14.6 Å². The smallest absolute Gasteiger partial charge is 0.339 e. The van der Waals surface area contributed by atoms with E-state index in [1.54, 1.807) is 12.1 Å². The van der Waals surface area contributed by atoms with Gasteiger partial charge in [-0.05, 0) is 43.2 Å². The molecule has 6 nitrogen and oxygen atoms in total. The molecular weight excluding hydrogens is 324 g/mol. The number of esters is 2. The molecule has 6 heteroatoms. The van der Waals surface area contributed by atoms with Gasteiger partial charge in [-0.25, -0.2) is 14.4 Å².